The summed E-state index contributed by atoms with van der Waals surface area (Å²) in [6.45, 7) is 6.49. The van der Waals surface area contributed by atoms with Crippen molar-refractivity contribution >= 4 is 17.2 Å². The van der Waals surface area contributed by atoms with Gasteiger partial charge in [0.2, 0.25) is 0 Å². The van der Waals surface area contributed by atoms with Gasteiger partial charge in [0.25, 0.3) is 0 Å². The molecule has 30 heavy (non-hydrogen) atoms. The Morgan fingerprint density at radius 3 is 2.70 bits per heavy atom. The number of hydrogen-bond donors (Lipinski definition) is 1. The number of rotatable bonds is 3. The zero-order chi connectivity index (χ0) is 20.5. The van der Waals surface area contributed by atoms with Crippen LogP contribution in [-0.2, 0) is 17.7 Å². The Kier molecular flexibility index (Phi) is 5.01. The lowest BCUT2D eigenvalue weighted by atomic mass is 9.91. The first-order valence-corrected chi connectivity index (χ1v) is 10.6. The Morgan fingerprint density at radius 2 is 1.93 bits per heavy atom. The lowest BCUT2D eigenvalue weighted by Gasteiger charge is -2.39. The van der Waals surface area contributed by atoms with Crippen molar-refractivity contribution in [3.63, 3.8) is 0 Å². The van der Waals surface area contributed by atoms with E-state index in [0.29, 0.717) is 6.04 Å². The molecule has 1 fully saturated rings. The minimum absolute atomic E-state index is 0.363. The number of morpholine rings is 1. The molecule has 0 bridgehead atoms. The van der Waals surface area contributed by atoms with Crippen LogP contribution in [0.3, 0.4) is 0 Å². The van der Waals surface area contributed by atoms with Gasteiger partial charge < -0.3 is 20.3 Å². The van der Waals surface area contributed by atoms with E-state index in [0.717, 1.165) is 50.8 Å². The number of nitrogens with two attached hydrogens (primary N) is 1. The van der Waals surface area contributed by atoms with Gasteiger partial charge in [-0.25, -0.2) is 4.98 Å². The second-order valence-electron chi connectivity index (χ2n) is 8.11. The average Bonchev–Trinajstić information content (AvgIpc) is 2.79. The number of ether oxygens (including phenoxy) is 1. The normalized spacial score (nSPS) is 18.9. The Bertz CT molecular complexity index is 1020. The molecule has 0 amide bonds. The van der Waals surface area contributed by atoms with Gasteiger partial charge >= 0.3 is 0 Å². The molecule has 2 N–H and O–H groups in total. The Labute approximate surface area is 177 Å². The molecule has 0 spiro atoms. The van der Waals surface area contributed by atoms with Crippen LogP contribution in [0.5, 0.6) is 0 Å². The lowest BCUT2D eigenvalue weighted by molar-refractivity contribution is 0.0988. The molecule has 6 heteroatoms. The third-order valence-electron chi connectivity index (χ3n) is 6.11. The van der Waals surface area contributed by atoms with Crippen molar-refractivity contribution in [3.05, 3.63) is 66.1 Å². The Hall–Kier alpha value is -3.12. The molecule has 5 rings (SSSR count). The fourth-order valence-corrected chi connectivity index (χ4v) is 4.51. The summed E-state index contributed by atoms with van der Waals surface area (Å²) in [6, 6.07) is 13.2. The van der Waals surface area contributed by atoms with Crippen LogP contribution >= 0.6 is 0 Å². The van der Waals surface area contributed by atoms with E-state index in [1.807, 2.05) is 18.3 Å². The molecule has 154 valence electrons. The maximum absolute atomic E-state index is 5.92. The molecule has 0 saturated carbocycles. The minimum atomic E-state index is 0.363. The molecule has 2 aliphatic rings. The van der Waals surface area contributed by atoms with Crippen molar-refractivity contribution in [2.24, 2.45) is 0 Å². The summed E-state index contributed by atoms with van der Waals surface area (Å²) in [6.07, 6.45) is 6.32. The molecule has 6 nitrogen and oxygen atoms in total. The molecule has 0 unspecified atom stereocenters. The van der Waals surface area contributed by atoms with Crippen LogP contribution in [0, 0.1) is 0 Å². The monoisotopic (exact) mass is 401 g/mol. The van der Waals surface area contributed by atoms with Crippen molar-refractivity contribution in [1.82, 2.24) is 9.97 Å². The van der Waals surface area contributed by atoms with Crippen molar-refractivity contribution in [2.75, 3.05) is 41.8 Å². The van der Waals surface area contributed by atoms with E-state index in [1.165, 1.54) is 27.9 Å². The number of nitrogen functional groups attached to an aromatic ring is 1. The number of aromatic nitrogens is 2. The van der Waals surface area contributed by atoms with Crippen molar-refractivity contribution < 1.29 is 4.74 Å². The molecule has 3 aromatic rings. The summed E-state index contributed by atoms with van der Waals surface area (Å²) in [5.74, 6) is 0.933. The number of hydrogen-bond acceptors (Lipinski definition) is 6. The van der Waals surface area contributed by atoms with Crippen LogP contribution in [0.2, 0.25) is 0 Å². The largest absolute Gasteiger partial charge is 0.399 e. The van der Waals surface area contributed by atoms with E-state index in [2.05, 4.69) is 51.0 Å². The van der Waals surface area contributed by atoms with Crippen molar-refractivity contribution in [3.8, 4) is 11.1 Å². The third kappa shape index (κ3) is 3.59. The van der Waals surface area contributed by atoms with Gasteiger partial charge in [0.1, 0.15) is 5.82 Å². The van der Waals surface area contributed by atoms with Crippen LogP contribution in [0.25, 0.3) is 11.1 Å². The van der Waals surface area contributed by atoms with Crippen molar-refractivity contribution in [2.45, 2.75) is 25.9 Å². The second-order valence-corrected chi connectivity index (χ2v) is 8.11. The van der Waals surface area contributed by atoms with E-state index in [-0.39, 0.29) is 0 Å². The summed E-state index contributed by atoms with van der Waals surface area (Å²) >= 11 is 0. The SMILES string of the molecule is C[C@H]1COCCN1c1cc(-c2ccc(N)cc2)cc2c1CCN(c1cnccn1)C2. The molecular formula is C24H27N5O. The summed E-state index contributed by atoms with van der Waals surface area (Å²) in [7, 11) is 0. The molecule has 0 aliphatic carbocycles. The number of nitrogens with zero attached hydrogens (tertiary/aromatic N) is 4. The number of benzene rings is 2. The van der Waals surface area contributed by atoms with Gasteiger partial charge in [0, 0.05) is 49.4 Å². The maximum atomic E-state index is 5.92. The molecule has 1 saturated heterocycles. The second kappa shape index (κ2) is 7.95. The minimum Gasteiger partial charge on any atom is -0.399 e. The molecule has 1 aromatic heterocycles. The Morgan fingerprint density at radius 1 is 1.07 bits per heavy atom. The molecule has 2 aliphatic heterocycles. The van der Waals surface area contributed by atoms with Crippen LogP contribution in [0.1, 0.15) is 18.1 Å². The first-order valence-electron chi connectivity index (χ1n) is 10.6. The molecule has 3 heterocycles. The highest BCUT2D eigenvalue weighted by atomic mass is 16.5. The highest BCUT2D eigenvalue weighted by molar-refractivity contribution is 5.74. The van der Waals surface area contributed by atoms with Gasteiger partial charge in [-0.05, 0) is 59.9 Å². The standard InChI is InChI=1S/C24H27N5O/c1-17-16-30-11-10-29(17)23-13-19(18-2-4-21(25)5-3-18)12-20-15-28(9-6-22(20)23)24-14-26-7-8-27-24/h2-5,7-8,12-14,17H,6,9-11,15-16,25H2,1H3/t17-/m0/s1. The van der Waals surface area contributed by atoms with Gasteiger partial charge in [-0.15, -0.1) is 0 Å². The predicted octanol–water partition coefficient (Wildman–Crippen LogP) is 3.51. The van der Waals surface area contributed by atoms with E-state index in [4.69, 9.17) is 10.5 Å². The van der Waals surface area contributed by atoms with E-state index in [1.54, 1.807) is 12.4 Å². The molecule has 1 atom stereocenters. The van der Waals surface area contributed by atoms with E-state index >= 15 is 0 Å². The van der Waals surface area contributed by atoms with Gasteiger partial charge in [-0.1, -0.05) is 12.1 Å². The van der Waals surface area contributed by atoms with Gasteiger partial charge in [0.05, 0.1) is 19.4 Å². The molecule has 2 aromatic carbocycles. The molecule has 0 radical (unpaired) electrons. The summed E-state index contributed by atoms with van der Waals surface area (Å²) in [4.78, 5) is 13.6. The zero-order valence-corrected chi connectivity index (χ0v) is 17.3. The summed E-state index contributed by atoms with van der Waals surface area (Å²) in [5.41, 5.74) is 13.3. The van der Waals surface area contributed by atoms with Gasteiger partial charge in [0.15, 0.2) is 0 Å². The highest BCUT2D eigenvalue weighted by Crippen LogP contribution is 2.37. The van der Waals surface area contributed by atoms with Gasteiger partial charge in [-0.3, -0.25) is 4.98 Å². The number of fused-ring (bicyclic) bond motifs is 1. The maximum Gasteiger partial charge on any atom is 0.147 e. The first kappa shape index (κ1) is 18.9. The molecular weight excluding hydrogens is 374 g/mol. The first-order chi connectivity index (χ1) is 14.7. The van der Waals surface area contributed by atoms with Crippen molar-refractivity contribution in [1.29, 1.82) is 0 Å². The highest BCUT2D eigenvalue weighted by Gasteiger charge is 2.27. The Balaban J connectivity index is 1.58. The van der Waals surface area contributed by atoms with Crippen LogP contribution in [-0.4, -0.2) is 42.3 Å². The topological polar surface area (TPSA) is 67.5 Å². The summed E-state index contributed by atoms with van der Waals surface area (Å²) in [5, 5.41) is 0. The zero-order valence-electron chi connectivity index (χ0n) is 17.3. The van der Waals surface area contributed by atoms with Crippen LogP contribution in [0.15, 0.2) is 55.0 Å². The van der Waals surface area contributed by atoms with Gasteiger partial charge in [-0.2, -0.15) is 0 Å². The fourth-order valence-electron chi connectivity index (χ4n) is 4.51. The van der Waals surface area contributed by atoms with Crippen LogP contribution < -0.4 is 15.5 Å². The van der Waals surface area contributed by atoms with E-state index in [9.17, 15) is 0 Å². The quantitative estimate of drug-likeness (QED) is 0.678. The lowest BCUT2D eigenvalue weighted by Crippen LogP contribution is -2.45. The fraction of sp³-hybridized carbons (Fsp3) is 0.333. The summed E-state index contributed by atoms with van der Waals surface area (Å²) < 4.78 is 5.70. The van der Waals surface area contributed by atoms with Crippen LogP contribution in [0.4, 0.5) is 17.2 Å². The smallest absolute Gasteiger partial charge is 0.147 e. The number of anilines is 3. The average molecular weight is 402 g/mol. The third-order valence-corrected chi connectivity index (χ3v) is 6.11. The van der Waals surface area contributed by atoms with E-state index < -0.39 is 0 Å². The predicted molar refractivity (Wildman–Crippen MR) is 121 cm³/mol.